The second-order valence-corrected chi connectivity index (χ2v) is 7.91. The van der Waals surface area contributed by atoms with E-state index in [1.165, 1.54) is 12.1 Å². The van der Waals surface area contributed by atoms with Crippen LogP contribution in [0.4, 0.5) is 10.5 Å². The number of fused-ring (bicyclic) bond motifs is 1. The van der Waals surface area contributed by atoms with Crippen molar-refractivity contribution < 1.29 is 33.3 Å². The van der Waals surface area contributed by atoms with Gasteiger partial charge in [0.05, 0.1) is 12.3 Å². The van der Waals surface area contributed by atoms with Gasteiger partial charge in [0.15, 0.2) is 23.0 Å². The van der Waals surface area contributed by atoms with Gasteiger partial charge in [0.1, 0.15) is 12.2 Å². The third-order valence-electron chi connectivity index (χ3n) is 5.53. The number of hydrogen-bond donors (Lipinski definition) is 1. The first-order valence-electron chi connectivity index (χ1n) is 11.3. The molecule has 0 aromatic heterocycles. The van der Waals surface area contributed by atoms with Crippen LogP contribution in [0.1, 0.15) is 18.1 Å². The molecule has 0 radical (unpaired) electrons. The van der Waals surface area contributed by atoms with E-state index < -0.39 is 17.8 Å². The zero-order valence-corrected chi connectivity index (χ0v) is 19.4. The van der Waals surface area contributed by atoms with Crippen LogP contribution in [0.5, 0.6) is 23.0 Å². The summed E-state index contributed by atoms with van der Waals surface area (Å²) >= 11 is 0. The first-order chi connectivity index (χ1) is 17.5. The minimum absolute atomic E-state index is 0.0514. The van der Waals surface area contributed by atoms with Crippen LogP contribution in [0.25, 0.3) is 6.08 Å². The number of carbonyl (C=O) groups is 3. The molecule has 2 heterocycles. The number of hydrogen-bond acceptors (Lipinski definition) is 7. The fourth-order valence-corrected chi connectivity index (χ4v) is 3.82. The van der Waals surface area contributed by atoms with Gasteiger partial charge in [-0.05, 0) is 48.4 Å². The average Bonchev–Trinajstić information content (AvgIpc) is 3.35. The molecule has 1 saturated heterocycles. The number of anilines is 1. The normalized spacial score (nSPS) is 15.8. The Labute approximate surface area is 206 Å². The highest BCUT2D eigenvalue weighted by molar-refractivity contribution is 6.39. The predicted octanol–water partition coefficient (Wildman–Crippen LogP) is 4.06. The summed E-state index contributed by atoms with van der Waals surface area (Å²) < 4.78 is 22.3. The van der Waals surface area contributed by atoms with Crippen LogP contribution in [-0.2, 0) is 16.2 Å². The number of carbonyl (C=O) groups excluding carboxylic acids is 3. The summed E-state index contributed by atoms with van der Waals surface area (Å²) in [5.41, 5.74) is 1.58. The molecule has 3 aromatic carbocycles. The topological polar surface area (TPSA) is 103 Å². The van der Waals surface area contributed by atoms with Gasteiger partial charge in [-0.3, -0.25) is 14.9 Å². The Morgan fingerprint density at radius 2 is 1.72 bits per heavy atom. The van der Waals surface area contributed by atoms with Crippen molar-refractivity contribution in [1.29, 1.82) is 0 Å². The van der Waals surface area contributed by atoms with Crippen molar-refractivity contribution in [2.45, 2.75) is 13.5 Å². The Kier molecular flexibility index (Phi) is 6.27. The average molecular weight is 486 g/mol. The highest BCUT2D eigenvalue weighted by Crippen LogP contribution is 2.36. The molecule has 1 N–H and O–H groups in total. The second kappa shape index (κ2) is 9.83. The first kappa shape index (κ1) is 23.0. The maximum absolute atomic E-state index is 13.2. The van der Waals surface area contributed by atoms with E-state index in [-0.39, 0.29) is 18.1 Å². The molecular weight excluding hydrogens is 464 g/mol. The molecule has 5 rings (SSSR count). The van der Waals surface area contributed by atoms with Crippen LogP contribution in [0, 0.1) is 0 Å². The van der Waals surface area contributed by atoms with E-state index in [2.05, 4.69) is 5.32 Å². The van der Waals surface area contributed by atoms with Crippen molar-refractivity contribution in [3.63, 3.8) is 0 Å². The highest BCUT2D eigenvalue weighted by atomic mass is 16.7. The van der Waals surface area contributed by atoms with Crippen LogP contribution in [0.15, 0.2) is 72.3 Å². The molecule has 0 spiro atoms. The Balaban J connectivity index is 1.42. The molecule has 9 nitrogen and oxygen atoms in total. The van der Waals surface area contributed by atoms with Gasteiger partial charge in [-0.15, -0.1) is 0 Å². The Hall–Kier alpha value is -4.79. The third kappa shape index (κ3) is 4.58. The lowest BCUT2D eigenvalue weighted by molar-refractivity contribution is -0.122. The number of rotatable bonds is 7. The molecule has 2 aliphatic heterocycles. The van der Waals surface area contributed by atoms with Crippen LogP contribution in [0.3, 0.4) is 0 Å². The molecule has 182 valence electrons. The standard InChI is InChI=1S/C27H22N2O7/c1-2-33-23-13-18(8-10-21(23)34-15-17-6-4-3-5-7-17)12-20-25(30)28-27(32)29(26(20)31)19-9-11-22-24(14-19)36-16-35-22/h3-14H,2,15-16H2,1H3,(H,28,30,32)/b20-12+. The fourth-order valence-electron chi connectivity index (χ4n) is 3.82. The zero-order valence-electron chi connectivity index (χ0n) is 19.4. The van der Waals surface area contributed by atoms with Crippen LogP contribution in [0.2, 0.25) is 0 Å². The van der Waals surface area contributed by atoms with Crippen molar-refractivity contribution in [2.24, 2.45) is 0 Å². The smallest absolute Gasteiger partial charge is 0.335 e. The van der Waals surface area contributed by atoms with E-state index in [0.29, 0.717) is 41.8 Å². The van der Waals surface area contributed by atoms with Gasteiger partial charge in [-0.2, -0.15) is 0 Å². The molecule has 0 saturated carbocycles. The number of amides is 4. The second-order valence-electron chi connectivity index (χ2n) is 7.91. The molecule has 0 unspecified atom stereocenters. The van der Waals surface area contributed by atoms with E-state index in [0.717, 1.165) is 10.5 Å². The summed E-state index contributed by atoms with van der Waals surface area (Å²) in [6.07, 6.45) is 1.41. The molecule has 36 heavy (non-hydrogen) atoms. The van der Waals surface area contributed by atoms with E-state index in [4.69, 9.17) is 18.9 Å². The maximum Gasteiger partial charge on any atom is 0.335 e. The molecule has 0 atom stereocenters. The van der Waals surface area contributed by atoms with Crippen LogP contribution < -0.4 is 29.2 Å². The van der Waals surface area contributed by atoms with Crippen molar-refractivity contribution in [3.05, 3.63) is 83.4 Å². The number of urea groups is 1. The SMILES string of the molecule is CCOc1cc(/C=C2\C(=O)NC(=O)N(c3ccc4c(c3)OCO4)C2=O)ccc1OCc1ccccc1. The molecule has 0 aliphatic carbocycles. The lowest BCUT2D eigenvalue weighted by atomic mass is 10.1. The molecule has 4 amide bonds. The monoisotopic (exact) mass is 486 g/mol. The summed E-state index contributed by atoms with van der Waals surface area (Å²) in [7, 11) is 0. The lowest BCUT2D eigenvalue weighted by Gasteiger charge is -2.26. The lowest BCUT2D eigenvalue weighted by Crippen LogP contribution is -2.54. The third-order valence-corrected chi connectivity index (χ3v) is 5.53. The minimum Gasteiger partial charge on any atom is -0.490 e. The van der Waals surface area contributed by atoms with Crippen molar-refractivity contribution in [1.82, 2.24) is 5.32 Å². The molecule has 3 aromatic rings. The van der Waals surface area contributed by atoms with Gasteiger partial charge in [0, 0.05) is 6.07 Å². The fraction of sp³-hybridized carbons (Fsp3) is 0.148. The first-order valence-corrected chi connectivity index (χ1v) is 11.3. The molecular formula is C27H22N2O7. The van der Waals surface area contributed by atoms with Gasteiger partial charge in [0.2, 0.25) is 6.79 Å². The Morgan fingerprint density at radius 1 is 0.917 bits per heavy atom. The highest BCUT2D eigenvalue weighted by Gasteiger charge is 2.37. The van der Waals surface area contributed by atoms with E-state index >= 15 is 0 Å². The van der Waals surface area contributed by atoms with Gasteiger partial charge >= 0.3 is 6.03 Å². The van der Waals surface area contributed by atoms with Crippen LogP contribution >= 0.6 is 0 Å². The van der Waals surface area contributed by atoms with Gasteiger partial charge < -0.3 is 18.9 Å². The van der Waals surface area contributed by atoms with Gasteiger partial charge in [0.25, 0.3) is 11.8 Å². The molecule has 0 bridgehead atoms. The van der Waals surface area contributed by atoms with Gasteiger partial charge in [-0.25, -0.2) is 9.69 Å². The summed E-state index contributed by atoms with van der Waals surface area (Å²) in [6, 6.07) is 18.6. The van der Waals surface area contributed by atoms with Gasteiger partial charge in [-0.1, -0.05) is 36.4 Å². The van der Waals surface area contributed by atoms with Crippen molar-refractivity contribution in [2.75, 3.05) is 18.3 Å². The summed E-state index contributed by atoms with van der Waals surface area (Å²) in [4.78, 5) is 39.2. The number of benzene rings is 3. The predicted molar refractivity (Wildman–Crippen MR) is 130 cm³/mol. The maximum atomic E-state index is 13.2. The van der Waals surface area contributed by atoms with Crippen LogP contribution in [-0.4, -0.2) is 31.2 Å². The zero-order chi connectivity index (χ0) is 25.1. The number of imide groups is 2. The summed E-state index contributed by atoms with van der Waals surface area (Å²) in [6.45, 7) is 2.65. The van der Waals surface area contributed by atoms with Crippen molar-refractivity contribution >= 4 is 29.6 Å². The number of ether oxygens (including phenoxy) is 4. The minimum atomic E-state index is -0.847. The van der Waals surface area contributed by atoms with E-state index in [9.17, 15) is 14.4 Å². The largest absolute Gasteiger partial charge is 0.490 e. The number of nitrogens with one attached hydrogen (secondary N) is 1. The quantitative estimate of drug-likeness (QED) is 0.397. The summed E-state index contributed by atoms with van der Waals surface area (Å²) in [5.74, 6) is 0.361. The molecule has 1 fully saturated rings. The molecule has 9 heteroatoms. The number of nitrogens with zero attached hydrogens (tertiary/aromatic N) is 1. The van der Waals surface area contributed by atoms with E-state index in [1.807, 2.05) is 37.3 Å². The molecule has 2 aliphatic rings. The Bertz CT molecular complexity index is 1370. The Morgan fingerprint density at radius 3 is 2.53 bits per heavy atom. The van der Waals surface area contributed by atoms with E-state index in [1.54, 1.807) is 30.3 Å². The summed E-state index contributed by atoms with van der Waals surface area (Å²) in [5, 5.41) is 2.22. The van der Waals surface area contributed by atoms with Crippen molar-refractivity contribution in [3.8, 4) is 23.0 Å². The number of barbiturate groups is 1.